The van der Waals surface area contributed by atoms with E-state index in [1.165, 1.54) is 63.4 Å². The minimum absolute atomic E-state index is 0. The third-order valence-corrected chi connectivity index (χ3v) is 6.29. The lowest BCUT2D eigenvalue weighted by molar-refractivity contribution is 0.231. The molecule has 185 valence electrons. The summed E-state index contributed by atoms with van der Waals surface area (Å²) in [4.78, 5) is 0. The Balaban J connectivity index is -0.000000178. The van der Waals surface area contributed by atoms with Gasteiger partial charge < -0.3 is 5.48 Å². The molecule has 1 aromatic carbocycles. The second-order valence-corrected chi connectivity index (χ2v) is 8.17. The summed E-state index contributed by atoms with van der Waals surface area (Å²) >= 11 is 0. The Labute approximate surface area is 190 Å². The Hall–Kier alpha value is -0.960. The molecule has 4 unspecified atom stereocenters. The second-order valence-electron chi connectivity index (χ2n) is 8.17. The number of hydrogen-bond acceptors (Lipinski definition) is 0. The summed E-state index contributed by atoms with van der Waals surface area (Å²) in [6, 6.07) is 9.34. The van der Waals surface area contributed by atoms with Gasteiger partial charge in [0.1, 0.15) is 0 Å². The van der Waals surface area contributed by atoms with Gasteiger partial charge in [-0.05, 0) is 61.8 Å². The van der Waals surface area contributed by atoms with Crippen molar-refractivity contribution < 1.29 is 17.7 Å². The highest BCUT2D eigenvalue weighted by Gasteiger charge is 2.26. The smallest absolute Gasteiger partial charge is 0 e. The predicted octanol–water partition coefficient (Wildman–Crippen LogP) is 9.40. The number of hydrogen-bond donors (Lipinski definition) is 0. The quantitative estimate of drug-likeness (QED) is 0.382. The molecular weight excluding hydrogens is 378 g/mol. The van der Waals surface area contributed by atoms with Gasteiger partial charge in [-0.15, -0.1) is 0 Å². The zero-order valence-corrected chi connectivity index (χ0v) is 21.3. The molecule has 4 atom stereocenters. The molecule has 1 aromatic rings. The van der Waals surface area contributed by atoms with Crippen molar-refractivity contribution in [3.8, 4) is 0 Å². The monoisotopic (exact) mass is 435 g/mol. The maximum Gasteiger partial charge on any atom is 0 e. The average Bonchev–Trinajstić information content (AvgIpc) is 2.97. The first-order valence-corrected chi connectivity index (χ1v) is 12.2. The molecule has 0 saturated heterocycles. The van der Waals surface area contributed by atoms with Gasteiger partial charge in [-0.1, -0.05) is 110 Å². The summed E-state index contributed by atoms with van der Waals surface area (Å²) in [6.07, 6.45) is 12.8. The summed E-state index contributed by atoms with van der Waals surface area (Å²) in [5.74, 6) is 3.68. The molecule has 2 N–H and O–H groups in total. The summed E-state index contributed by atoms with van der Waals surface area (Å²) in [7, 11) is 0. The van der Waals surface area contributed by atoms with E-state index < -0.39 is 0 Å². The van der Waals surface area contributed by atoms with Crippen LogP contribution in [0.1, 0.15) is 126 Å². The van der Waals surface area contributed by atoms with Crippen LogP contribution in [0.2, 0.25) is 0 Å². The minimum Gasteiger partial charge on any atom is -0.412 e. The summed E-state index contributed by atoms with van der Waals surface area (Å²) in [5.41, 5.74) is 2.97. The highest BCUT2D eigenvalue weighted by molar-refractivity contribution is 5.24. The van der Waals surface area contributed by atoms with Crippen LogP contribution in [-0.4, -0.2) is 5.48 Å². The Kier molecular flexibility index (Phi) is 27.6. The van der Waals surface area contributed by atoms with Crippen LogP contribution in [0.25, 0.3) is 0 Å². The fourth-order valence-electron chi connectivity index (χ4n) is 4.57. The van der Waals surface area contributed by atoms with E-state index in [4.69, 9.17) is 0 Å². The zero-order valence-electron chi connectivity index (χ0n) is 22.3. The molecule has 30 heavy (non-hydrogen) atoms. The first-order valence-electron chi connectivity index (χ1n) is 12.2. The van der Waals surface area contributed by atoms with Crippen molar-refractivity contribution in [3.63, 3.8) is 0 Å². The largest absolute Gasteiger partial charge is 0.412 e. The van der Waals surface area contributed by atoms with Crippen LogP contribution < -0.4 is 0 Å². The minimum atomic E-state index is 0. The molecule has 0 heterocycles. The Bertz CT molecular complexity index is 457. The highest BCUT2D eigenvalue weighted by atomic mass is 19.0. The maximum atomic E-state index is 2.45. The van der Waals surface area contributed by atoms with Crippen LogP contribution in [-0.2, 0) is 0 Å². The second kappa shape index (κ2) is 22.7. The molecule has 1 aliphatic rings. The van der Waals surface area contributed by atoms with Crippen molar-refractivity contribution in [2.75, 3.05) is 0 Å². The van der Waals surface area contributed by atoms with Gasteiger partial charge in [0.05, 0.1) is 0 Å². The van der Waals surface area contributed by atoms with Gasteiger partial charge >= 0.3 is 0 Å². The molecule has 0 bridgehead atoms. The van der Waals surface area contributed by atoms with E-state index in [0.717, 1.165) is 23.7 Å². The lowest BCUT2D eigenvalue weighted by Crippen LogP contribution is -2.17. The molecular formula is C27H57F2O. The fraction of sp³-hybridized carbons (Fsp3) is 0.778. The molecule has 0 aliphatic heterocycles. The zero-order chi connectivity index (χ0) is 20.7. The van der Waals surface area contributed by atoms with E-state index in [2.05, 4.69) is 52.0 Å². The van der Waals surface area contributed by atoms with Gasteiger partial charge in [0, 0.05) is 2.85 Å². The van der Waals surface area contributed by atoms with Crippen LogP contribution in [0.4, 0.5) is 9.41 Å². The average molecular weight is 436 g/mol. The molecule has 1 fully saturated rings. The van der Waals surface area contributed by atoms with Crippen LogP contribution in [0.5, 0.6) is 0 Å². The van der Waals surface area contributed by atoms with Crippen molar-refractivity contribution in [2.24, 2.45) is 17.8 Å². The molecule has 3 heteroatoms. The number of rotatable bonds is 7. The molecule has 1 saturated carbocycles. The Morgan fingerprint density at radius 1 is 0.933 bits per heavy atom. The summed E-state index contributed by atoms with van der Waals surface area (Å²) < 4.78 is 0. The van der Waals surface area contributed by atoms with Gasteiger partial charge in [-0.2, -0.15) is 0 Å². The highest BCUT2D eigenvalue weighted by Crippen LogP contribution is 2.40. The van der Waals surface area contributed by atoms with Crippen molar-refractivity contribution in [1.29, 1.82) is 0 Å². The SMILES string of the molecule is CC.CC.CCCC(CC(C)CC)C1CCCC(c2ccc(C)cc2)CC1.F.F.O.[HH].[H]. The van der Waals surface area contributed by atoms with E-state index in [1.54, 1.807) is 5.56 Å². The van der Waals surface area contributed by atoms with Gasteiger partial charge in [-0.25, -0.2) is 0 Å². The topological polar surface area (TPSA) is 31.5 Å². The number of benzene rings is 1. The third-order valence-electron chi connectivity index (χ3n) is 6.29. The van der Waals surface area contributed by atoms with Gasteiger partial charge in [-0.3, -0.25) is 9.41 Å². The number of aryl methyl sites for hydroxylation is 1. The molecule has 1 nitrogen and oxygen atoms in total. The molecule has 1 aliphatic carbocycles. The van der Waals surface area contributed by atoms with E-state index in [1.807, 2.05) is 27.7 Å². The normalized spacial score (nSPS) is 19.5. The molecule has 2 rings (SSSR count). The van der Waals surface area contributed by atoms with Crippen LogP contribution in [0.15, 0.2) is 24.3 Å². The molecule has 1 radical (unpaired) electrons. The van der Waals surface area contributed by atoms with Gasteiger partial charge in [0.25, 0.3) is 0 Å². The lowest BCUT2D eigenvalue weighted by atomic mass is 9.77. The Morgan fingerprint density at radius 2 is 1.50 bits per heavy atom. The summed E-state index contributed by atoms with van der Waals surface area (Å²) in [5, 5.41) is 0. The predicted molar refractivity (Wildman–Crippen MR) is 138 cm³/mol. The van der Waals surface area contributed by atoms with Crippen molar-refractivity contribution in [3.05, 3.63) is 35.4 Å². The van der Waals surface area contributed by atoms with Crippen molar-refractivity contribution >= 4 is 0 Å². The van der Waals surface area contributed by atoms with E-state index in [-0.39, 0.29) is 17.7 Å². The van der Waals surface area contributed by atoms with Crippen molar-refractivity contribution in [2.45, 2.75) is 119 Å². The lowest BCUT2D eigenvalue weighted by Gasteiger charge is -2.28. The fourth-order valence-corrected chi connectivity index (χ4v) is 4.57. The van der Waals surface area contributed by atoms with Gasteiger partial charge in [0.2, 0.25) is 0 Å². The van der Waals surface area contributed by atoms with Crippen LogP contribution in [0.3, 0.4) is 0 Å². The third kappa shape index (κ3) is 13.4. The standard InChI is InChI=1S/C23H38.2C2H6.2FH.H2O.H2.H/c1-5-8-23(17-18(3)6-2)21-10-7-9-20(15-16-21)22-13-11-19(4)12-14-22;2*1-2;;;;;/h11-14,18,20-21,23H,5-10,15-17H2,1-4H3;2*1-2H3;2*1H;1H2;1H;. The number of halogens is 2. The molecule has 0 aromatic heterocycles. The van der Waals surface area contributed by atoms with Crippen LogP contribution >= 0.6 is 0 Å². The van der Waals surface area contributed by atoms with E-state index >= 15 is 0 Å². The van der Waals surface area contributed by atoms with Crippen molar-refractivity contribution in [1.82, 2.24) is 0 Å². The van der Waals surface area contributed by atoms with E-state index in [9.17, 15) is 0 Å². The first kappa shape index (κ1) is 36.4. The van der Waals surface area contributed by atoms with Crippen LogP contribution in [0, 0.1) is 24.7 Å². The molecule has 0 spiro atoms. The van der Waals surface area contributed by atoms with E-state index in [0.29, 0.717) is 0 Å². The molecule has 0 amide bonds. The Morgan fingerprint density at radius 3 is 2.00 bits per heavy atom. The summed E-state index contributed by atoms with van der Waals surface area (Å²) in [6.45, 7) is 17.4. The maximum absolute atomic E-state index is 2.45. The van der Waals surface area contributed by atoms with Gasteiger partial charge in [0.15, 0.2) is 0 Å². The first-order chi connectivity index (χ1) is 13.1.